The van der Waals surface area contributed by atoms with Crippen LogP contribution in [-0.4, -0.2) is 114 Å². The van der Waals surface area contributed by atoms with E-state index in [-0.39, 0.29) is 31.4 Å². The van der Waals surface area contributed by atoms with Gasteiger partial charge in [-0.25, -0.2) is 18.2 Å². The summed E-state index contributed by atoms with van der Waals surface area (Å²) in [4.78, 5) is 65.9. The summed E-state index contributed by atoms with van der Waals surface area (Å²) in [6.45, 7) is 5.27. The number of carbonyl (C=O) groups excluding carboxylic acids is 4. The van der Waals surface area contributed by atoms with Crippen LogP contribution < -0.4 is 24.8 Å². The topological polar surface area (TPSA) is 186 Å². The number of pyridine rings is 1. The predicted molar refractivity (Wildman–Crippen MR) is 236 cm³/mol. The molecule has 2 aromatic rings. The third-order valence-electron chi connectivity index (χ3n) is 14.3. The fraction of sp³-hybridized carbons (Fsp3) is 0.638. The highest BCUT2D eigenvalue weighted by Crippen LogP contribution is 2.48. The number of nitrogens with one attached hydrogen (secondary N) is 3. The summed E-state index contributed by atoms with van der Waals surface area (Å²) in [5.74, 6) is -1.05. The van der Waals surface area contributed by atoms with E-state index >= 15 is 0 Å². The molecule has 3 aliphatic carbocycles. The minimum Gasteiger partial charge on any atom is -0.492 e. The van der Waals surface area contributed by atoms with Crippen LogP contribution in [-0.2, 0) is 29.1 Å². The van der Waals surface area contributed by atoms with E-state index in [4.69, 9.17) is 19.2 Å². The molecule has 5 heterocycles. The summed E-state index contributed by atoms with van der Waals surface area (Å²) in [7, 11) is -4.00. The lowest BCUT2D eigenvalue weighted by Crippen LogP contribution is -2.58. The molecule has 3 bridgehead atoms. The maximum Gasteiger partial charge on any atom is 0.408 e. The minimum atomic E-state index is -4.00. The van der Waals surface area contributed by atoms with E-state index in [9.17, 15) is 27.6 Å². The van der Waals surface area contributed by atoms with Crippen molar-refractivity contribution in [2.75, 3.05) is 32.8 Å². The van der Waals surface area contributed by atoms with Gasteiger partial charge >= 0.3 is 6.09 Å². The van der Waals surface area contributed by atoms with Gasteiger partial charge in [0.25, 0.3) is 5.91 Å². The lowest BCUT2D eigenvalue weighted by atomic mass is 10.0. The number of fused-ring (bicyclic) bond motifs is 6. The van der Waals surface area contributed by atoms with Crippen LogP contribution in [0.2, 0.25) is 0 Å². The normalized spacial score (nSPS) is 32.1. The van der Waals surface area contributed by atoms with E-state index in [0.29, 0.717) is 61.4 Å². The molecule has 15 nitrogen and oxygen atoms in total. The van der Waals surface area contributed by atoms with Gasteiger partial charge < -0.3 is 34.6 Å². The first-order valence-electron chi connectivity index (χ1n) is 23.4. The van der Waals surface area contributed by atoms with Crippen LogP contribution in [0.5, 0.6) is 11.6 Å². The Hall–Kier alpha value is -4.70. The van der Waals surface area contributed by atoms with Crippen molar-refractivity contribution in [3.8, 4) is 11.6 Å². The fourth-order valence-electron chi connectivity index (χ4n) is 9.82. The van der Waals surface area contributed by atoms with Crippen LogP contribution in [0.15, 0.2) is 42.5 Å². The number of benzene rings is 1. The van der Waals surface area contributed by atoms with Crippen LogP contribution in [0.25, 0.3) is 17.0 Å². The minimum absolute atomic E-state index is 0.00616. The van der Waals surface area contributed by atoms with Crippen LogP contribution in [0.1, 0.15) is 115 Å². The largest absolute Gasteiger partial charge is 0.492 e. The highest BCUT2D eigenvalue weighted by molar-refractivity contribution is 7.91. The van der Waals surface area contributed by atoms with Crippen molar-refractivity contribution in [2.24, 2.45) is 11.8 Å². The third kappa shape index (κ3) is 9.57. The maximum absolute atomic E-state index is 14.8. The van der Waals surface area contributed by atoms with Gasteiger partial charge in [0, 0.05) is 24.3 Å². The molecule has 0 unspecified atom stereocenters. The number of alkyl carbamates (subject to hydrolysis) is 1. The van der Waals surface area contributed by atoms with Gasteiger partial charge in [-0.05, 0) is 128 Å². The van der Waals surface area contributed by atoms with Crippen LogP contribution in [0.4, 0.5) is 4.79 Å². The highest BCUT2D eigenvalue weighted by Gasteiger charge is 2.63. The number of sulfonamides is 1. The summed E-state index contributed by atoms with van der Waals surface area (Å²) >= 11 is 0. The van der Waals surface area contributed by atoms with Crippen LogP contribution in [0.3, 0.4) is 0 Å². The number of likely N-dealkylation sites (tertiary alicyclic amines) is 1. The number of aromatic nitrogens is 1. The zero-order chi connectivity index (χ0) is 43.8. The number of nitrogens with zero attached hydrogens (tertiary/aromatic N) is 3. The van der Waals surface area contributed by atoms with Crippen molar-refractivity contribution < 1.29 is 41.8 Å². The second-order valence-corrected chi connectivity index (χ2v) is 21.3. The summed E-state index contributed by atoms with van der Waals surface area (Å²) in [6.07, 6.45) is 17.4. The molecule has 3 N–H and O–H groups in total. The average Bonchev–Trinajstić information content (AvgIpc) is 4.20. The van der Waals surface area contributed by atoms with Gasteiger partial charge in [-0.1, -0.05) is 43.2 Å². The van der Waals surface area contributed by atoms with Crippen molar-refractivity contribution >= 4 is 50.8 Å². The number of para-hydroxylation sites is 1. The monoisotopic (exact) mass is 886 g/mol. The number of hydrogen-bond donors (Lipinski definition) is 3. The van der Waals surface area contributed by atoms with E-state index in [1.165, 1.54) is 17.7 Å². The molecule has 1 aromatic heterocycles. The van der Waals surface area contributed by atoms with Crippen molar-refractivity contribution in [1.29, 1.82) is 0 Å². The average molecular weight is 887 g/mol. The number of allylic oxidation sites excluding steroid dienone is 2. The molecular weight excluding hydrogens is 825 g/mol. The van der Waals surface area contributed by atoms with Gasteiger partial charge in [-0.15, -0.1) is 0 Å². The molecule has 4 amide bonds. The molecule has 2 saturated heterocycles. The Bertz CT molecular complexity index is 2260. The van der Waals surface area contributed by atoms with Crippen molar-refractivity contribution in [1.82, 2.24) is 30.1 Å². The van der Waals surface area contributed by atoms with E-state index in [2.05, 4.69) is 26.3 Å². The molecule has 63 heavy (non-hydrogen) atoms. The smallest absolute Gasteiger partial charge is 0.408 e. The molecule has 5 fully saturated rings. The zero-order valence-electron chi connectivity index (χ0n) is 36.4. The molecule has 7 aliphatic rings. The number of amides is 4. The van der Waals surface area contributed by atoms with E-state index in [1.54, 1.807) is 6.92 Å². The molecule has 9 rings (SSSR count). The Morgan fingerprint density at radius 1 is 0.984 bits per heavy atom. The summed E-state index contributed by atoms with van der Waals surface area (Å²) in [5.41, 5.74) is -0.156. The Morgan fingerprint density at radius 2 is 1.79 bits per heavy atom. The van der Waals surface area contributed by atoms with Gasteiger partial charge in [0.05, 0.1) is 29.0 Å². The third-order valence-corrected chi connectivity index (χ3v) is 16.5. The summed E-state index contributed by atoms with van der Waals surface area (Å²) < 4.78 is 47.2. The van der Waals surface area contributed by atoms with Gasteiger partial charge in [0.15, 0.2) is 0 Å². The Kier molecular flexibility index (Phi) is 12.5. The quantitative estimate of drug-likeness (QED) is 0.224. The van der Waals surface area contributed by atoms with Gasteiger partial charge in [0.2, 0.25) is 27.7 Å². The highest BCUT2D eigenvalue weighted by atomic mass is 32.2. The van der Waals surface area contributed by atoms with Crippen LogP contribution >= 0.6 is 0 Å². The Labute approximate surface area is 370 Å². The van der Waals surface area contributed by atoms with E-state index in [0.717, 1.165) is 70.0 Å². The van der Waals surface area contributed by atoms with Gasteiger partial charge in [-0.2, -0.15) is 0 Å². The second kappa shape index (κ2) is 18.1. The fourth-order valence-corrected chi connectivity index (χ4v) is 11.1. The lowest BCUT2D eigenvalue weighted by molar-refractivity contribution is -0.141. The van der Waals surface area contributed by atoms with Gasteiger partial charge in [0.1, 0.15) is 35.6 Å². The molecule has 3 saturated carbocycles. The van der Waals surface area contributed by atoms with Crippen molar-refractivity contribution in [3.63, 3.8) is 0 Å². The molecule has 16 heteroatoms. The number of carbonyl (C=O) groups is 4. The number of ether oxygens (including phenoxy) is 3. The molecule has 1 aromatic carbocycles. The summed E-state index contributed by atoms with van der Waals surface area (Å²) in [5, 5.41) is 6.67. The molecule has 0 radical (unpaired) electrons. The van der Waals surface area contributed by atoms with Crippen LogP contribution in [0, 0.1) is 11.8 Å². The molecule has 7 atom stereocenters. The van der Waals surface area contributed by atoms with E-state index in [1.807, 2.05) is 42.5 Å². The number of hydrogen-bond acceptors (Lipinski definition) is 11. The molecule has 4 aliphatic heterocycles. The first-order chi connectivity index (χ1) is 30.4. The standard InChI is InChI=1S/C47H62N6O9S/c1-46(21-22-46)63(58,59)51-44(56)47-29-32(47)16-7-3-2-4-9-20-37-43(55)53-30-33(28-38(53)41(54)50-47)61-42-35(18-8-5-6-15-31-27-39(31)62-45(57)49-37)40(34-17-10-11-19-36(34)48-42)60-26-14-25-52-23-12-13-24-52/h7-8,10-11,16-19,31-33,37-39H,2-6,9,12-15,20-30H2,1H3,(H,49,57)(H,50,54)(H,51,56)/b16-7-,18-8+/t31-,32+,33-,37+,38+,39-,47-/m1/s1. The number of rotatable bonds is 8. The van der Waals surface area contributed by atoms with E-state index < -0.39 is 68.2 Å². The predicted octanol–water partition coefficient (Wildman–Crippen LogP) is 5.52. The molecular formula is C47H62N6O9S. The maximum atomic E-state index is 14.8. The van der Waals surface area contributed by atoms with Crippen molar-refractivity contribution in [3.05, 3.63) is 48.1 Å². The molecule has 0 spiro atoms. The summed E-state index contributed by atoms with van der Waals surface area (Å²) in [6, 6.07) is 5.70. The Morgan fingerprint density at radius 3 is 2.62 bits per heavy atom. The first kappa shape index (κ1) is 43.5. The Balaban J connectivity index is 1.05. The second-order valence-electron chi connectivity index (χ2n) is 19.1. The first-order valence-corrected chi connectivity index (χ1v) is 24.9. The zero-order valence-corrected chi connectivity index (χ0v) is 37.2. The molecule has 340 valence electrons. The van der Waals surface area contributed by atoms with Crippen molar-refractivity contribution in [2.45, 2.75) is 144 Å². The SMILES string of the molecule is CC1(S(=O)(=O)NC(=O)[C@@]23C[C@@H]2/C=C\CCCCC[C@@H]2NC(=O)O[C@@H]4C[C@H]4CCC/C=C/c4c(nc5ccccc5c4OCCCN4CCCC4)O[C@@H]4C[C@@H](C(=O)N3)N(C4)C2=O)CC1. The van der Waals surface area contributed by atoms with Gasteiger partial charge in [-0.3, -0.25) is 19.1 Å². The lowest BCUT2D eigenvalue weighted by Gasteiger charge is -2.30.